The average Bonchev–Trinajstić information content (AvgIpc) is 1.01. The van der Waals surface area contributed by atoms with Gasteiger partial charge in [-0.3, -0.25) is 47.9 Å². The molecule has 6 aromatic heterocycles. The smallest absolute Gasteiger partial charge is 0.267 e. The number of aromatic nitrogens is 11. The lowest BCUT2D eigenvalue weighted by atomic mass is 10.1. The number of aliphatic hydroxyl groups is 1. The summed E-state index contributed by atoms with van der Waals surface area (Å²) in [4.78, 5) is 171. The standard InChI is InChI=1S/C22H21FN4O4.C22H21N5O3.C22H21N3O4.C21H24N6O3.C19H23N5O3/c1-12(21(24)30)25-20-10-18(13(2)29)26-22(27-20)14-3-8-19(15(9-14)11-28)31-17-6-4-16(23)5-7-17;1-13-3-8-20(24-12-13)30-16-6-4-15(5-7-16)21-26-18(14(2)28)11-19(27-21)25-17-9-10-23-22(17)29;1-13-4-8-17(9-5-13)29-18-10-6-16(7-11-18)22-24-19(21(23)27)12-20(25-22)28-15(3)14(2)26;1-13(20(22)29)24-19-12-18(14(2)28)25-21(26-19)27-10-8-17(9-11-27)30-16-6-4-15(23-3)5-7-16;1-11-4-6-14(7-5-11)27-15-9-24(10-15)19-22-16(13(3)25)8-17(23-19)21-12(2)18(20)26/h3-10,12,28H,11H2,1-2H3,(H2,24,30)(H,25,26,27);3-8,11-12,17H,9-10H2,1-2H3,(H,23,29)(H,25,26,27);4-12,15H,1-3H3,(H2,23,27);4-7,12-13,17H,8-11H2,1-2H3,(H2,22,29)(H,24,25,26);4-8,12,15H,9-10H2,1-3H3,(H2,20,26)(H,21,22,23)/t12-;17-;15-;13-;12-/m00000/s1. The lowest BCUT2D eigenvalue weighted by Crippen LogP contribution is -2.54. The van der Waals surface area contributed by atoms with Gasteiger partial charge in [-0.15, -0.1) is 0 Å². The van der Waals surface area contributed by atoms with Crippen LogP contribution in [0.5, 0.6) is 52.0 Å². The van der Waals surface area contributed by atoms with E-state index in [9.17, 15) is 57.4 Å². The van der Waals surface area contributed by atoms with Gasteiger partial charge in [-0.1, -0.05) is 53.6 Å². The molecule has 7 aromatic carbocycles. The SMILES string of the molecule is CC(=O)[C@H](C)Oc1cc(C(N)=O)nc(-c2ccc(Oc3ccc(C)cc3)cc2)n1.CC(=O)c1cc(N[C@@H](C)C(N)=O)nc(-c2ccc(Oc3ccc(F)cc3)c(CO)c2)n1.CC(=O)c1cc(N[C@@H](C)C(N)=O)nc(N2CC(Oc3ccc(C)cc3)C2)n1.CC(=O)c1cc(N[C@H]2CCNC2=O)nc(-c2ccc(Oc3ccc(C)cn3)cc2)n1.[C-]#[N+]c1ccc(OC2CCN(c3nc(N[C@@H](C)C(N)=O)cc(C(C)=O)n3)CC2)cc1. The molecule has 3 aliphatic heterocycles. The van der Waals surface area contributed by atoms with Crippen molar-refractivity contribution in [3.63, 3.8) is 0 Å². The van der Waals surface area contributed by atoms with Gasteiger partial charge in [0, 0.05) is 125 Å². The number of piperidine rings is 1. The number of nitrogens with zero attached hydrogens (tertiary/aromatic N) is 14. The molecule has 0 spiro atoms. The van der Waals surface area contributed by atoms with E-state index < -0.39 is 47.9 Å². The highest BCUT2D eigenvalue weighted by molar-refractivity contribution is 5.97. The largest absolute Gasteiger partial charge is 0.490 e. The quantitative estimate of drug-likeness (QED) is 0.0130. The minimum absolute atomic E-state index is 0.000680. The summed E-state index contributed by atoms with van der Waals surface area (Å²) < 4.78 is 47.8. The number of primary amides is 4. The minimum atomic E-state index is -0.715. The number of hydrogen-bond donors (Lipinski definition) is 10. The van der Waals surface area contributed by atoms with Gasteiger partial charge in [0.25, 0.3) is 5.91 Å². The number of nitrogens with one attached hydrogen (secondary N) is 5. The van der Waals surface area contributed by atoms with Crippen LogP contribution in [0.1, 0.15) is 156 Å². The summed E-state index contributed by atoms with van der Waals surface area (Å²) in [6, 6.07) is 56.2. The van der Waals surface area contributed by atoms with E-state index in [1.165, 1.54) is 88.7 Å². The van der Waals surface area contributed by atoms with Crippen LogP contribution in [0.2, 0.25) is 0 Å². The maximum Gasteiger partial charge on any atom is 0.267 e. The number of Topliss-reactive ketones (excluding diaryl/α,β-unsaturated/α-hetero) is 5. The Morgan fingerprint density at radius 3 is 1.35 bits per heavy atom. The van der Waals surface area contributed by atoms with E-state index in [0.717, 1.165) is 46.8 Å². The Morgan fingerprint density at radius 1 is 0.456 bits per heavy atom. The number of carbonyl (C=O) groups is 10. The number of aryl methyl sites for hydroxylation is 3. The second-order valence-corrected chi connectivity index (χ2v) is 34.4. The van der Waals surface area contributed by atoms with Crippen LogP contribution >= 0.6 is 0 Å². The Kier molecular flexibility index (Phi) is 36.9. The number of ether oxygens (including phenoxy) is 6. The van der Waals surface area contributed by atoms with Crippen molar-refractivity contribution < 1.29 is 85.9 Å². The first-order valence-electron chi connectivity index (χ1n) is 46.5. The fourth-order valence-corrected chi connectivity index (χ4v) is 13.9. The third-order valence-corrected chi connectivity index (χ3v) is 22.5. The zero-order valence-corrected chi connectivity index (χ0v) is 82.5. The van der Waals surface area contributed by atoms with E-state index >= 15 is 0 Å². The topological polar surface area (TPSA) is 563 Å². The van der Waals surface area contributed by atoms with E-state index in [0.29, 0.717) is 126 Å². The molecule has 9 heterocycles. The molecule has 3 fully saturated rings. The molecule has 0 radical (unpaired) electrons. The maximum atomic E-state index is 13.1. The molecule has 0 unspecified atom stereocenters. The van der Waals surface area contributed by atoms with Crippen LogP contribution in [0, 0.1) is 33.2 Å². The predicted molar refractivity (Wildman–Crippen MR) is 547 cm³/mol. The van der Waals surface area contributed by atoms with Crippen LogP contribution in [0.3, 0.4) is 0 Å². The van der Waals surface area contributed by atoms with Gasteiger partial charge in [0.15, 0.2) is 58.2 Å². The van der Waals surface area contributed by atoms with Crippen LogP contribution in [0.4, 0.5) is 45.2 Å². The molecule has 0 bridgehead atoms. The third kappa shape index (κ3) is 31.6. The van der Waals surface area contributed by atoms with E-state index in [1.54, 1.807) is 125 Å². The Bertz CT molecular complexity index is 6960. The number of benzene rings is 7. The fourth-order valence-electron chi connectivity index (χ4n) is 13.9. The van der Waals surface area contributed by atoms with E-state index in [4.69, 9.17) is 57.9 Å². The first-order chi connectivity index (χ1) is 70.2. The van der Waals surface area contributed by atoms with Crippen molar-refractivity contribution >= 4 is 99.3 Å². The molecule has 0 aliphatic carbocycles. The van der Waals surface area contributed by atoms with E-state index in [1.807, 2.05) is 97.3 Å². The summed E-state index contributed by atoms with van der Waals surface area (Å²) in [6.07, 6.45) is 3.29. The van der Waals surface area contributed by atoms with Crippen molar-refractivity contribution in [2.24, 2.45) is 22.9 Å². The third-order valence-electron chi connectivity index (χ3n) is 22.5. The van der Waals surface area contributed by atoms with Crippen molar-refractivity contribution in [3.8, 4) is 86.2 Å². The number of rotatable bonds is 35. The fraction of sp³-hybridized carbons (Fsp3) is 0.264. The van der Waals surface area contributed by atoms with Gasteiger partial charge in [0.05, 0.1) is 26.3 Å². The van der Waals surface area contributed by atoms with Crippen molar-refractivity contribution in [3.05, 3.63) is 280 Å². The number of nitrogens with two attached hydrogens (primary N) is 4. The molecule has 5 atom stereocenters. The molecule has 147 heavy (non-hydrogen) atoms. The monoisotopic (exact) mass is 2000 g/mol. The van der Waals surface area contributed by atoms with Crippen LogP contribution in [-0.2, 0) is 30.6 Å². The molecule has 3 aliphatic rings. The molecule has 41 heteroatoms. The van der Waals surface area contributed by atoms with Gasteiger partial charge >= 0.3 is 0 Å². The van der Waals surface area contributed by atoms with Gasteiger partial charge in [0.1, 0.15) is 134 Å². The number of ketones is 5. The highest BCUT2D eigenvalue weighted by atomic mass is 19.1. The second-order valence-electron chi connectivity index (χ2n) is 34.4. The average molecular weight is 2000 g/mol. The Hall–Kier alpha value is -18.2. The van der Waals surface area contributed by atoms with Crippen LogP contribution in [0.25, 0.3) is 39.0 Å². The first kappa shape index (κ1) is 108. The molecule has 0 saturated carbocycles. The lowest BCUT2D eigenvalue weighted by molar-refractivity contribution is -0.123. The summed E-state index contributed by atoms with van der Waals surface area (Å²) in [6.45, 7) is 29.4. The number of aliphatic hydroxyl groups excluding tert-OH is 1. The Morgan fingerprint density at radius 2 is 0.878 bits per heavy atom. The number of amides is 5. The second kappa shape index (κ2) is 50.4. The molecule has 40 nitrogen and oxygen atoms in total. The molecule has 13 aromatic rings. The number of carbonyl (C=O) groups excluding carboxylic acids is 10. The Balaban J connectivity index is 0.000000163. The summed E-state index contributed by atoms with van der Waals surface area (Å²) in [5, 5.41) is 24.3. The Labute approximate surface area is 845 Å². The summed E-state index contributed by atoms with van der Waals surface area (Å²) in [5.41, 5.74) is 28.5. The molecular weight excluding hydrogens is 1890 g/mol. The minimum Gasteiger partial charge on any atom is -0.490 e. The summed E-state index contributed by atoms with van der Waals surface area (Å²) in [5.74, 6) is 4.39. The van der Waals surface area contributed by atoms with Gasteiger partial charge in [0.2, 0.25) is 47.3 Å². The number of halogens is 1. The van der Waals surface area contributed by atoms with Crippen molar-refractivity contribution in [2.75, 3.05) is 63.8 Å². The summed E-state index contributed by atoms with van der Waals surface area (Å²) in [7, 11) is 0. The van der Waals surface area contributed by atoms with Gasteiger partial charge in [-0.05, 0) is 195 Å². The lowest BCUT2D eigenvalue weighted by Gasteiger charge is -2.39. The van der Waals surface area contributed by atoms with Gasteiger partial charge < -0.3 is 92.8 Å². The van der Waals surface area contributed by atoms with Gasteiger partial charge in [-0.25, -0.2) is 49.1 Å². The molecule has 3 saturated heterocycles. The highest BCUT2D eigenvalue weighted by Crippen LogP contribution is 2.35. The molecule has 5 amide bonds. The molecule has 14 N–H and O–H groups in total. The highest BCUT2D eigenvalue weighted by Gasteiger charge is 2.33. The first-order valence-corrected chi connectivity index (χ1v) is 46.5. The number of anilines is 6. The zero-order chi connectivity index (χ0) is 106. The summed E-state index contributed by atoms with van der Waals surface area (Å²) >= 11 is 0. The van der Waals surface area contributed by atoms with E-state index in [2.05, 4.69) is 86.3 Å². The normalized spacial score (nSPS) is 13.7. The zero-order valence-electron chi connectivity index (χ0n) is 82.5. The number of pyridine rings is 1. The number of hydrogen-bond acceptors (Lipinski definition) is 34. The molecule has 758 valence electrons. The van der Waals surface area contributed by atoms with Crippen LogP contribution in [0.15, 0.2) is 212 Å². The van der Waals surface area contributed by atoms with Crippen molar-refractivity contribution in [2.45, 2.75) is 151 Å². The van der Waals surface area contributed by atoms with E-state index in [-0.39, 0.29) is 117 Å². The van der Waals surface area contributed by atoms with Crippen LogP contribution in [-0.4, -0.2) is 194 Å². The van der Waals surface area contributed by atoms with Crippen LogP contribution < -0.4 is 87.7 Å². The van der Waals surface area contributed by atoms with Gasteiger partial charge in [-0.2, -0.15) is 15.0 Å². The van der Waals surface area contributed by atoms with Crippen molar-refractivity contribution in [1.29, 1.82) is 0 Å². The maximum absolute atomic E-state index is 13.1. The predicted octanol–water partition coefficient (Wildman–Crippen LogP) is 14.0. The molecular formula is C106H110FN23O17. The van der Waals surface area contributed by atoms with Crippen molar-refractivity contribution in [1.82, 2.24) is 60.1 Å². The molecule has 16 rings (SSSR count).